The molecule has 0 saturated carbocycles. The van der Waals surface area contributed by atoms with Crippen LogP contribution in [0.25, 0.3) is 5.70 Å². The third-order valence-electron chi connectivity index (χ3n) is 8.70. The van der Waals surface area contributed by atoms with Gasteiger partial charge in [-0.2, -0.15) is 26.3 Å². The number of fused-ring (bicyclic) bond motifs is 1. The van der Waals surface area contributed by atoms with Crippen LogP contribution in [-0.4, -0.2) is 84.7 Å². The molecular weight excluding hydrogens is 588 g/mol. The van der Waals surface area contributed by atoms with E-state index in [0.717, 1.165) is 36.6 Å². The Morgan fingerprint density at radius 3 is 2.23 bits per heavy atom. The summed E-state index contributed by atoms with van der Waals surface area (Å²) in [6, 6.07) is 8.29. The van der Waals surface area contributed by atoms with E-state index in [-0.39, 0.29) is 31.3 Å². The molecule has 7 nitrogen and oxygen atoms in total. The Kier molecular flexibility index (Phi) is 9.31. The normalized spacial score (nSPS) is 24.2. The first-order valence-corrected chi connectivity index (χ1v) is 14.6. The first-order valence-electron chi connectivity index (χ1n) is 14.6. The Morgan fingerprint density at radius 2 is 1.64 bits per heavy atom. The largest absolute Gasteiger partial charge is 0.458 e. The maximum absolute atomic E-state index is 13.7. The van der Waals surface area contributed by atoms with E-state index >= 15 is 0 Å². The molecule has 0 aromatic heterocycles. The Balaban J connectivity index is 1.59. The molecule has 1 fully saturated rings. The maximum atomic E-state index is 13.7. The molecule has 0 radical (unpaired) electrons. The van der Waals surface area contributed by atoms with E-state index in [2.05, 4.69) is 20.1 Å². The highest BCUT2D eigenvalue weighted by Crippen LogP contribution is 2.38. The lowest BCUT2D eigenvalue weighted by atomic mass is 9.88. The number of hydrogen-bond donors (Lipinski definition) is 2. The van der Waals surface area contributed by atoms with Crippen LogP contribution in [0.2, 0.25) is 0 Å². The third kappa shape index (κ3) is 7.06. The number of hydrogen-bond acceptors (Lipinski definition) is 7. The Labute approximate surface area is 252 Å². The number of ether oxygens (including phenoxy) is 1. The average Bonchev–Trinajstić information content (AvgIpc) is 2.97. The quantitative estimate of drug-likeness (QED) is 0.420. The van der Waals surface area contributed by atoms with Crippen LogP contribution in [0.1, 0.15) is 40.7 Å². The second-order valence-electron chi connectivity index (χ2n) is 11.9. The van der Waals surface area contributed by atoms with Crippen LogP contribution in [0.15, 0.2) is 53.5 Å². The molecule has 240 valence electrons. The molecule has 0 aliphatic carbocycles. The number of aliphatic imine (C=N–C) groups is 1. The second kappa shape index (κ2) is 12.7. The molecule has 3 aliphatic rings. The molecule has 3 heterocycles. The second-order valence-corrected chi connectivity index (χ2v) is 11.9. The van der Waals surface area contributed by atoms with Crippen molar-refractivity contribution in [2.45, 2.75) is 56.9 Å². The summed E-state index contributed by atoms with van der Waals surface area (Å²) in [5, 5.41) is 16.1. The topological polar surface area (TPSA) is 63.6 Å². The summed E-state index contributed by atoms with van der Waals surface area (Å²) in [6.07, 6.45) is -7.33. The summed E-state index contributed by atoms with van der Waals surface area (Å²) < 4.78 is 88.8. The van der Waals surface area contributed by atoms with Gasteiger partial charge in [0, 0.05) is 31.2 Å². The van der Waals surface area contributed by atoms with Crippen molar-refractivity contribution >= 4 is 11.6 Å². The zero-order valence-electron chi connectivity index (χ0n) is 24.8. The molecule has 2 N–H and O–H groups in total. The van der Waals surface area contributed by atoms with Crippen LogP contribution in [0.5, 0.6) is 0 Å². The predicted octanol–water partition coefficient (Wildman–Crippen LogP) is 5.63. The van der Waals surface area contributed by atoms with Crippen molar-refractivity contribution in [2.24, 2.45) is 10.9 Å². The number of piperidine rings is 1. The molecule has 0 amide bonds. The van der Waals surface area contributed by atoms with Gasteiger partial charge < -0.3 is 9.64 Å². The smallest absolute Gasteiger partial charge is 0.416 e. The lowest BCUT2D eigenvalue weighted by Crippen LogP contribution is -2.54. The van der Waals surface area contributed by atoms with Crippen LogP contribution < -0.4 is 5.32 Å². The number of hydroxylamine groups is 2. The standard InChI is InChI=1S/C31H37F6N5O2/c1-19-6-4-5-7-24(19)27-16-28(41-10-8-23(9-11-41)40(2)3)44-29-25(17-38-18-39-29)26(42(27)43)14-20-12-21(30(32,33)34)15-22(13-20)31(35,36)37/h4-7,12-13,15-16,23,25-26,28,38,43H,8-11,14,17-18H2,1-3H3. The van der Waals surface area contributed by atoms with E-state index in [1.807, 2.05) is 39.2 Å². The minimum atomic E-state index is -4.99. The van der Waals surface area contributed by atoms with Crippen LogP contribution in [0, 0.1) is 12.8 Å². The number of rotatable bonds is 5. The molecule has 44 heavy (non-hydrogen) atoms. The SMILES string of the molecule is Cc1ccccc1C1=CC(N2CCC(N(C)C)CC2)OC2=NCNCC2C(Cc2cc(C(F)(F)F)cc(C(F)(F)F)c2)N1O. The number of likely N-dealkylation sites (tertiary alicyclic amines) is 1. The van der Waals surface area contributed by atoms with Crippen molar-refractivity contribution in [3.8, 4) is 0 Å². The van der Waals surface area contributed by atoms with Crippen LogP contribution in [0.4, 0.5) is 26.3 Å². The molecule has 1 saturated heterocycles. The van der Waals surface area contributed by atoms with Gasteiger partial charge in [-0.15, -0.1) is 0 Å². The number of benzene rings is 2. The molecule has 0 bridgehead atoms. The van der Waals surface area contributed by atoms with E-state index in [1.165, 1.54) is 0 Å². The zero-order chi connectivity index (χ0) is 31.8. The summed E-state index contributed by atoms with van der Waals surface area (Å²) in [5.41, 5.74) is -1.16. The summed E-state index contributed by atoms with van der Waals surface area (Å²) in [6.45, 7) is 3.80. The Morgan fingerprint density at radius 1 is 1.00 bits per heavy atom. The predicted molar refractivity (Wildman–Crippen MR) is 154 cm³/mol. The highest BCUT2D eigenvalue weighted by atomic mass is 19.4. The highest BCUT2D eigenvalue weighted by molar-refractivity contribution is 5.82. The van der Waals surface area contributed by atoms with E-state index in [1.54, 1.807) is 12.1 Å². The fourth-order valence-corrected chi connectivity index (χ4v) is 6.22. The molecule has 0 spiro atoms. The number of nitrogens with one attached hydrogen (secondary N) is 1. The average molecular weight is 626 g/mol. The van der Waals surface area contributed by atoms with Crippen LogP contribution in [-0.2, 0) is 23.5 Å². The lowest BCUT2D eigenvalue weighted by Gasteiger charge is -2.44. The van der Waals surface area contributed by atoms with Crippen molar-refractivity contribution in [1.82, 2.24) is 20.2 Å². The number of nitrogens with zero attached hydrogens (tertiary/aromatic N) is 4. The van der Waals surface area contributed by atoms with Gasteiger partial charge in [-0.1, -0.05) is 24.3 Å². The summed E-state index contributed by atoms with van der Waals surface area (Å²) >= 11 is 0. The Hall–Kier alpha value is -3.13. The molecule has 2 aromatic carbocycles. The van der Waals surface area contributed by atoms with Gasteiger partial charge >= 0.3 is 12.4 Å². The van der Waals surface area contributed by atoms with Crippen molar-refractivity contribution in [1.29, 1.82) is 0 Å². The van der Waals surface area contributed by atoms with E-state index < -0.39 is 41.7 Å². The third-order valence-corrected chi connectivity index (χ3v) is 8.70. The first kappa shape index (κ1) is 32.3. The molecule has 3 unspecified atom stereocenters. The molecule has 3 aliphatic heterocycles. The van der Waals surface area contributed by atoms with E-state index in [0.29, 0.717) is 35.3 Å². The van der Waals surface area contributed by atoms with Crippen LogP contribution in [0.3, 0.4) is 0 Å². The van der Waals surface area contributed by atoms with E-state index in [4.69, 9.17) is 4.74 Å². The van der Waals surface area contributed by atoms with Gasteiger partial charge in [0.1, 0.15) is 0 Å². The van der Waals surface area contributed by atoms with Crippen molar-refractivity contribution < 1.29 is 36.3 Å². The zero-order valence-corrected chi connectivity index (χ0v) is 24.8. The molecule has 3 atom stereocenters. The van der Waals surface area contributed by atoms with Crippen molar-refractivity contribution in [3.05, 3.63) is 76.4 Å². The fraction of sp³-hybridized carbons (Fsp3) is 0.516. The van der Waals surface area contributed by atoms with Gasteiger partial charge in [0.2, 0.25) is 0 Å². The molecule has 2 aromatic rings. The van der Waals surface area contributed by atoms with Crippen molar-refractivity contribution in [3.63, 3.8) is 0 Å². The summed E-state index contributed by atoms with van der Waals surface area (Å²) in [7, 11) is 4.09. The van der Waals surface area contributed by atoms with Crippen LogP contribution >= 0.6 is 0 Å². The maximum Gasteiger partial charge on any atom is 0.416 e. The fourth-order valence-electron chi connectivity index (χ4n) is 6.22. The highest BCUT2D eigenvalue weighted by Gasteiger charge is 2.42. The lowest BCUT2D eigenvalue weighted by molar-refractivity contribution is -0.143. The Bertz CT molecular complexity index is 1350. The molecular formula is C31H37F6N5O2. The number of halogens is 6. The van der Waals surface area contributed by atoms with Gasteiger partial charge in [-0.05, 0) is 75.7 Å². The van der Waals surface area contributed by atoms with Gasteiger partial charge in [-0.25, -0.2) is 4.99 Å². The summed E-state index contributed by atoms with van der Waals surface area (Å²) in [4.78, 5) is 8.87. The summed E-state index contributed by atoms with van der Waals surface area (Å²) in [5.74, 6) is -0.372. The first-order chi connectivity index (χ1) is 20.7. The number of aryl methyl sites for hydroxylation is 1. The molecule has 5 rings (SSSR count). The van der Waals surface area contributed by atoms with E-state index in [9.17, 15) is 31.5 Å². The van der Waals surface area contributed by atoms with Gasteiger partial charge in [-0.3, -0.25) is 20.5 Å². The minimum absolute atomic E-state index is 0.110. The monoisotopic (exact) mass is 625 g/mol. The minimum Gasteiger partial charge on any atom is -0.458 e. The van der Waals surface area contributed by atoms with Gasteiger partial charge in [0.15, 0.2) is 12.1 Å². The number of alkyl halides is 6. The van der Waals surface area contributed by atoms with Gasteiger partial charge in [0.05, 0.1) is 35.5 Å². The van der Waals surface area contributed by atoms with Crippen molar-refractivity contribution in [2.75, 3.05) is 40.4 Å². The van der Waals surface area contributed by atoms with Gasteiger partial charge in [0.25, 0.3) is 0 Å². The molecule has 13 heteroatoms.